The molecule has 6 nitrogen and oxygen atoms in total. The summed E-state index contributed by atoms with van der Waals surface area (Å²) in [7, 11) is 0. The van der Waals surface area contributed by atoms with Gasteiger partial charge in [0.2, 0.25) is 5.16 Å². The first kappa shape index (κ1) is 16.9. The molecule has 1 aromatic heterocycles. The normalized spacial score (nSPS) is 11.0. The molecule has 0 bridgehead atoms. The number of hydrogen-bond donors (Lipinski definition) is 0. The van der Waals surface area contributed by atoms with Crippen molar-refractivity contribution in [1.82, 2.24) is 14.9 Å². The number of hydrogen-bond acceptors (Lipinski definition) is 6. The van der Waals surface area contributed by atoms with Crippen LogP contribution in [0, 0.1) is 6.92 Å². The summed E-state index contributed by atoms with van der Waals surface area (Å²) in [6.45, 7) is 1.84. The van der Waals surface area contributed by atoms with Gasteiger partial charge in [-0.1, -0.05) is 30.0 Å². The van der Waals surface area contributed by atoms with E-state index in [9.17, 15) is 4.79 Å². The summed E-state index contributed by atoms with van der Waals surface area (Å²) in [6, 6.07) is 16.0. The second-order valence-corrected chi connectivity index (χ2v) is 5.89. The van der Waals surface area contributed by atoms with Crippen LogP contribution in [0.15, 0.2) is 64.9 Å². The zero-order chi connectivity index (χ0) is 17.6. The minimum atomic E-state index is -0.383. The Bertz CT molecular complexity index is 889. The molecule has 0 aliphatic carbocycles. The summed E-state index contributed by atoms with van der Waals surface area (Å²) < 4.78 is 7.02. The van der Waals surface area contributed by atoms with Gasteiger partial charge in [-0.15, -0.1) is 10.2 Å². The lowest BCUT2D eigenvalue weighted by Crippen LogP contribution is -2.08. The molecule has 0 amide bonds. The lowest BCUT2D eigenvalue weighted by Gasteiger charge is -2.04. The molecular weight excluding hydrogens is 336 g/mol. The maximum Gasteiger partial charge on any atom is 0.343 e. The van der Waals surface area contributed by atoms with E-state index in [4.69, 9.17) is 4.74 Å². The molecule has 0 saturated carbocycles. The number of aromatic nitrogens is 3. The van der Waals surface area contributed by atoms with Crippen molar-refractivity contribution in [1.29, 1.82) is 0 Å². The number of esters is 1. The smallest absolute Gasteiger partial charge is 0.343 e. The van der Waals surface area contributed by atoms with Gasteiger partial charge in [0.05, 0.1) is 11.8 Å². The number of carbonyl (C=O) groups is 1. The van der Waals surface area contributed by atoms with Gasteiger partial charge >= 0.3 is 5.97 Å². The summed E-state index contributed by atoms with van der Waals surface area (Å²) in [4.78, 5) is 12.0. The van der Waals surface area contributed by atoms with E-state index < -0.39 is 0 Å². The van der Waals surface area contributed by atoms with E-state index in [1.165, 1.54) is 11.8 Å². The number of thioether (sulfide) groups is 1. The fourth-order valence-corrected chi connectivity index (χ4v) is 2.56. The molecule has 3 rings (SSSR count). The maximum absolute atomic E-state index is 12.0. The van der Waals surface area contributed by atoms with Crippen molar-refractivity contribution in [2.45, 2.75) is 12.1 Å². The minimum Gasteiger partial charge on any atom is -0.423 e. The molecule has 0 radical (unpaired) electrons. The van der Waals surface area contributed by atoms with Gasteiger partial charge in [-0.3, -0.25) is 0 Å². The first-order valence-corrected chi connectivity index (χ1v) is 8.77. The Morgan fingerprint density at radius 2 is 1.84 bits per heavy atom. The van der Waals surface area contributed by atoms with E-state index in [0.717, 1.165) is 10.7 Å². The highest BCUT2D eigenvalue weighted by Crippen LogP contribution is 2.15. The van der Waals surface area contributed by atoms with Crippen molar-refractivity contribution in [2.24, 2.45) is 5.10 Å². The quantitative estimate of drug-likeness (QED) is 0.305. The van der Waals surface area contributed by atoms with E-state index in [2.05, 4.69) is 15.3 Å². The molecule has 126 valence electrons. The predicted molar refractivity (Wildman–Crippen MR) is 97.4 cm³/mol. The van der Waals surface area contributed by atoms with Gasteiger partial charge in [-0.05, 0) is 55.1 Å². The van der Waals surface area contributed by atoms with E-state index in [1.807, 2.05) is 31.4 Å². The van der Waals surface area contributed by atoms with Crippen LogP contribution in [-0.4, -0.2) is 33.3 Å². The van der Waals surface area contributed by atoms with Crippen LogP contribution in [0.25, 0.3) is 0 Å². The molecule has 0 unspecified atom stereocenters. The fraction of sp³-hybridized carbons (Fsp3) is 0.111. The van der Waals surface area contributed by atoms with Crippen LogP contribution < -0.4 is 4.74 Å². The Morgan fingerprint density at radius 1 is 1.12 bits per heavy atom. The number of aryl methyl sites for hydroxylation is 1. The summed E-state index contributed by atoms with van der Waals surface area (Å²) in [6.07, 6.45) is 3.63. The van der Waals surface area contributed by atoms with Crippen LogP contribution in [0.4, 0.5) is 0 Å². The number of rotatable bonds is 5. The van der Waals surface area contributed by atoms with E-state index in [1.54, 1.807) is 47.3 Å². The lowest BCUT2D eigenvalue weighted by molar-refractivity contribution is 0.0735. The second kappa shape index (κ2) is 7.76. The van der Waals surface area contributed by atoms with Crippen LogP contribution in [-0.2, 0) is 0 Å². The molecule has 0 aliphatic heterocycles. The molecule has 0 fully saturated rings. The Hall–Kier alpha value is -2.93. The molecular formula is C18H16N4O2S. The fourth-order valence-electron chi connectivity index (χ4n) is 2.09. The largest absolute Gasteiger partial charge is 0.423 e. The standard InChI is InChI=1S/C18H16N4O2S/c1-13-20-21-18(25-2)22(13)19-12-14-8-10-16(11-9-14)24-17(23)15-6-4-3-5-7-15/h3-12H,1-2H3/b19-12-. The number of nitrogens with zero attached hydrogens (tertiary/aromatic N) is 4. The lowest BCUT2D eigenvalue weighted by atomic mass is 10.2. The molecule has 0 saturated heterocycles. The van der Waals surface area contributed by atoms with Gasteiger partial charge in [0, 0.05) is 0 Å². The predicted octanol–water partition coefficient (Wildman–Crippen LogP) is 3.41. The third-order valence-corrected chi connectivity index (χ3v) is 3.99. The van der Waals surface area contributed by atoms with Crippen molar-refractivity contribution in [3.8, 4) is 5.75 Å². The molecule has 1 heterocycles. The molecule has 3 aromatic rings. The Balaban J connectivity index is 1.69. The third kappa shape index (κ3) is 4.13. The average Bonchev–Trinajstić information content (AvgIpc) is 3.01. The van der Waals surface area contributed by atoms with Crippen molar-refractivity contribution in [2.75, 3.05) is 6.26 Å². The molecule has 25 heavy (non-hydrogen) atoms. The molecule has 0 N–H and O–H groups in total. The van der Waals surface area contributed by atoms with Crippen LogP contribution in [0.1, 0.15) is 21.7 Å². The SMILES string of the molecule is CSc1nnc(C)n1/N=C\c1ccc(OC(=O)c2ccccc2)cc1. The highest BCUT2D eigenvalue weighted by atomic mass is 32.2. The van der Waals surface area contributed by atoms with E-state index in [-0.39, 0.29) is 5.97 Å². The van der Waals surface area contributed by atoms with Crippen molar-refractivity contribution < 1.29 is 9.53 Å². The van der Waals surface area contributed by atoms with Crippen LogP contribution in [0.3, 0.4) is 0 Å². The monoisotopic (exact) mass is 352 g/mol. The van der Waals surface area contributed by atoms with Crippen LogP contribution >= 0.6 is 11.8 Å². The first-order valence-electron chi connectivity index (χ1n) is 7.55. The van der Waals surface area contributed by atoms with Gasteiger partial charge in [0.1, 0.15) is 5.75 Å². The third-order valence-electron chi connectivity index (χ3n) is 3.37. The minimum absolute atomic E-state index is 0.383. The first-order chi connectivity index (χ1) is 12.2. The van der Waals surface area contributed by atoms with Crippen LogP contribution in [0.5, 0.6) is 5.75 Å². The highest BCUT2D eigenvalue weighted by Gasteiger charge is 2.08. The Morgan fingerprint density at radius 3 is 2.52 bits per heavy atom. The topological polar surface area (TPSA) is 69.4 Å². The number of benzene rings is 2. The van der Waals surface area contributed by atoms with Crippen molar-refractivity contribution in [3.63, 3.8) is 0 Å². The summed E-state index contributed by atoms with van der Waals surface area (Å²) in [5.74, 6) is 0.817. The second-order valence-electron chi connectivity index (χ2n) is 5.11. The van der Waals surface area contributed by atoms with Crippen molar-refractivity contribution >= 4 is 23.9 Å². The van der Waals surface area contributed by atoms with Gasteiger partial charge < -0.3 is 4.74 Å². The van der Waals surface area contributed by atoms with E-state index >= 15 is 0 Å². The molecule has 0 atom stereocenters. The van der Waals surface area contributed by atoms with Crippen molar-refractivity contribution in [3.05, 3.63) is 71.5 Å². The maximum atomic E-state index is 12.0. The number of carbonyl (C=O) groups excluding carboxylic acids is 1. The zero-order valence-electron chi connectivity index (χ0n) is 13.8. The average molecular weight is 352 g/mol. The van der Waals surface area contributed by atoms with Gasteiger partial charge in [0.15, 0.2) is 5.82 Å². The summed E-state index contributed by atoms with van der Waals surface area (Å²) in [5, 5.41) is 13.1. The van der Waals surface area contributed by atoms with Gasteiger partial charge in [-0.2, -0.15) is 9.78 Å². The van der Waals surface area contributed by atoms with Crippen LogP contribution in [0.2, 0.25) is 0 Å². The summed E-state index contributed by atoms with van der Waals surface area (Å²) in [5.41, 5.74) is 1.39. The highest BCUT2D eigenvalue weighted by molar-refractivity contribution is 7.98. The Kier molecular flexibility index (Phi) is 5.25. The Labute approximate surface area is 149 Å². The van der Waals surface area contributed by atoms with Gasteiger partial charge in [0.25, 0.3) is 0 Å². The molecule has 7 heteroatoms. The zero-order valence-corrected chi connectivity index (χ0v) is 14.6. The summed E-state index contributed by atoms with van der Waals surface area (Å²) >= 11 is 1.48. The number of ether oxygens (including phenoxy) is 1. The van der Waals surface area contributed by atoms with Gasteiger partial charge in [-0.25, -0.2) is 4.79 Å². The molecule has 0 spiro atoms. The molecule has 2 aromatic carbocycles. The molecule has 0 aliphatic rings. The van der Waals surface area contributed by atoms with E-state index in [0.29, 0.717) is 17.1 Å².